The van der Waals surface area contributed by atoms with Crippen molar-refractivity contribution in [1.29, 1.82) is 0 Å². The molecule has 0 saturated heterocycles. The molecule has 3 aromatic rings. The lowest BCUT2D eigenvalue weighted by Gasteiger charge is -2.32. The van der Waals surface area contributed by atoms with Gasteiger partial charge < -0.3 is 15.0 Å². The van der Waals surface area contributed by atoms with Gasteiger partial charge in [-0.3, -0.25) is 13.9 Å². The summed E-state index contributed by atoms with van der Waals surface area (Å²) in [5, 5.41) is 2.93. The molecule has 3 rings (SSSR count). The molecule has 0 aliphatic rings. The van der Waals surface area contributed by atoms with Gasteiger partial charge in [0.05, 0.1) is 17.2 Å². The number of ether oxygens (including phenoxy) is 1. The highest BCUT2D eigenvalue weighted by Crippen LogP contribution is 2.26. The molecule has 214 valence electrons. The summed E-state index contributed by atoms with van der Waals surface area (Å²) >= 11 is 3.42. The summed E-state index contributed by atoms with van der Waals surface area (Å²) in [6, 6.07) is 21.0. The molecule has 0 fully saturated rings. The number of rotatable bonds is 13. The maximum absolute atomic E-state index is 14.0. The first kappa shape index (κ1) is 31.2. The molecule has 3 aromatic carbocycles. The van der Waals surface area contributed by atoms with Crippen molar-refractivity contribution in [3.63, 3.8) is 0 Å². The first-order valence-corrected chi connectivity index (χ1v) is 15.4. The van der Waals surface area contributed by atoms with Crippen molar-refractivity contribution in [2.45, 2.75) is 57.6 Å². The predicted molar refractivity (Wildman–Crippen MR) is 161 cm³/mol. The van der Waals surface area contributed by atoms with Gasteiger partial charge in [0, 0.05) is 17.1 Å². The van der Waals surface area contributed by atoms with Gasteiger partial charge in [0.1, 0.15) is 18.3 Å². The standard InChI is InChI=1S/C30H36BrN3O5S/c1-5-22(3)32-30(36)23(4)33(20-24-12-14-25(31)15-13-24)29(35)21-34(26-16-18-27(19-17-26)39-6-2)40(37,38)28-10-8-7-9-11-28/h7-19,22-23H,5-6,20-21H2,1-4H3,(H,32,36)/t22-,23+/m0/s1. The molecule has 2 atom stereocenters. The Morgan fingerprint density at radius 3 is 2.12 bits per heavy atom. The van der Waals surface area contributed by atoms with E-state index in [1.165, 1.54) is 17.0 Å². The first-order valence-electron chi connectivity index (χ1n) is 13.2. The van der Waals surface area contributed by atoms with Crippen molar-refractivity contribution in [3.8, 4) is 5.75 Å². The summed E-state index contributed by atoms with van der Waals surface area (Å²) in [5.41, 5.74) is 1.11. The lowest BCUT2D eigenvalue weighted by atomic mass is 10.1. The second-order valence-corrected chi connectivity index (χ2v) is 12.2. The van der Waals surface area contributed by atoms with Gasteiger partial charge in [-0.15, -0.1) is 0 Å². The molecular weight excluding hydrogens is 594 g/mol. The molecule has 0 unspecified atom stereocenters. The largest absolute Gasteiger partial charge is 0.494 e. The molecule has 10 heteroatoms. The Balaban J connectivity index is 2.01. The highest BCUT2D eigenvalue weighted by Gasteiger charge is 2.32. The van der Waals surface area contributed by atoms with Gasteiger partial charge in [-0.05, 0) is 81.3 Å². The number of hydrogen-bond donors (Lipinski definition) is 1. The number of nitrogens with one attached hydrogen (secondary N) is 1. The van der Waals surface area contributed by atoms with Crippen LogP contribution in [0, 0.1) is 0 Å². The molecule has 40 heavy (non-hydrogen) atoms. The Kier molecular flexibility index (Phi) is 11.2. The molecule has 0 aromatic heterocycles. The van der Waals surface area contributed by atoms with Crippen LogP contribution in [0.25, 0.3) is 0 Å². The summed E-state index contributed by atoms with van der Waals surface area (Å²) in [6.07, 6.45) is 0.736. The number of anilines is 1. The lowest BCUT2D eigenvalue weighted by molar-refractivity contribution is -0.139. The first-order chi connectivity index (χ1) is 19.1. The Morgan fingerprint density at radius 2 is 1.55 bits per heavy atom. The second-order valence-electron chi connectivity index (χ2n) is 9.39. The van der Waals surface area contributed by atoms with Gasteiger partial charge in [0.15, 0.2) is 0 Å². The fourth-order valence-corrected chi connectivity index (χ4v) is 5.66. The Hall–Kier alpha value is -3.37. The molecule has 0 radical (unpaired) electrons. The van der Waals surface area contributed by atoms with Gasteiger partial charge in [-0.25, -0.2) is 8.42 Å². The Morgan fingerprint density at radius 1 is 0.925 bits per heavy atom. The quantitative estimate of drug-likeness (QED) is 0.274. The van der Waals surface area contributed by atoms with Gasteiger partial charge in [-0.1, -0.05) is 53.2 Å². The highest BCUT2D eigenvalue weighted by molar-refractivity contribution is 9.10. The molecule has 0 saturated carbocycles. The van der Waals surface area contributed by atoms with Crippen molar-refractivity contribution in [2.24, 2.45) is 0 Å². The van der Waals surface area contributed by atoms with E-state index < -0.39 is 28.5 Å². The van der Waals surface area contributed by atoms with Gasteiger partial charge in [-0.2, -0.15) is 0 Å². The zero-order chi connectivity index (χ0) is 29.3. The molecule has 0 aliphatic carbocycles. The van der Waals surface area contributed by atoms with Crippen LogP contribution in [0.3, 0.4) is 0 Å². The number of benzene rings is 3. The average Bonchev–Trinajstić information content (AvgIpc) is 2.96. The maximum Gasteiger partial charge on any atom is 0.264 e. The van der Waals surface area contributed by atoms with Crippen molar-refractivity contribution in [2.75, 3.05) is 17.5 Å². The van der Waals surface area contributed by atoms with Crippen LogP contribution in [0.4, 0.5) is 5.69 Å². The van der Waals surface area contributed by atoms with E-state index >= 15 is 0 Å². The third-order valence-electron chi connectivity index (χ3n) is 6.48. The molecule has 0 heterocycles. The smallest absolute Gasteiger partial charge is 0.264 e. The van der Waals surface area contributed by atoms with Crippen LogP contribution in [0.2, 0.25) is 0 Å². The number of nitrogens with zero attached hydrogens (tertiary/aromatic N) is 2. The summed E-state index contributed by atoms with van der Waals surface area (Å²) in [6.45, 7) is 7.46. The predicted octanol–water partition coefficient (Wildman–Crippen LogP) is 5.38. The molecule has 8 nitrogen and oxygen atoms in total. The minimum atomic E-state index is -4.12. The number of halogens is 1. The van der Waals surface area contributed by atoms with E-state index in [9.17, 15) is 18.0 Å². The number of carbonyl (C=O) groups is 2. The highest BCUT2D eigenvalue weighted by atomic mass is 79.9. The van der Waals surface area contributed by atoms with Crippen LogP contribution in [0.15, 0.2) is 88.2 Å². The normalized spacial score (nSPS) is 12.7. The third kappa shape index (κ3) is 8.08. The minimum absolute atomic E-state index is 0.0544. The zero-order valence-corrected chi connectivity index (χ0v) is 25.6. The SMILES string of the molecule is CCOc1ccc(N(CC(=O)N(Cc2ccc(Br)cc2)[C@H](C)C(=O)N[C@@H](C)CC)S(=O)(=O)c2ccccc2)cc1. The summed E-state index contributed by atoms with van der Waals surface area (Å²) in [4.78, 5) is 28.5. The summed E-state index contributed by atoms with van der Waals surface area (Å²) in [5.74, 6) is -0.233. The van der Waals surface area contributed by atoms with Crippen LogP contribution in [0.1, 0.15) is 39.7 Å². The zero-order valence-electron chi connectivity index (χ0n) is 23.2. The molecule has 1 N–H and O–H groups in total. The monoisotopic (exact) mass is 629 g/mol. The number of sulfonamides is 1. The van der Waals surface area contributed by atoms with Gasteiger partial charge in [0.25, 0.3) is 10.0 Å². The average molecular weight is 631 g/mol. The van der Waals surface area contributed by atoms with E-state index in [-0.39, 0.29) is 23.4 Å². The van der Waals surface area contributed by atoms with Crippen LogP contribution >= 0.6 is 15.9 Å². The minimum Gasteiger partial charge on any atom is -0.494 e. The summed E-state index contributed by atoms with van der Waals surface area (Å²) in [7, 11) is -4.12. The lowest BCUT2D eigenvalue weighted by Crippen LogP contribution is -2.52. The number of amides is 2. The topological polar surface area (TPSA) is 96.0 Å². The van der Waals surface area contributed by atoms with Crippen LogP contribution < -0.4 is 14.4 Å². The van der Waals surface area contributed by atoms with E-state index in [1.807, 2.05) is 45.0 Å². The molecular formula is C30H36BrN3O5S. The van der Waals surface area contributed by atoms with Gasteiger partial charge in [0.2, 0.25) is 11.8 Å². The Labute approximate surface area is 245 Å². The van der Waals surface area contributed by atoms with Crippen LogP contribution in [-0.2, 0) is 26.2 Å². The van der Waals surface area contributed by atoms with E-state index in [0.29, 0.717) is 18.0 Å². The van der Waals surface area contributed by atoms with E-state index in [1.54, 1.807) is 49.4 Å². The molecule has 0 aliphatic heterocycles. The van der Waals surface area contributed by atoms with E-state index in [2.05, 4.69) is 21.2 Å². The maximum atomic E-state index is 14.0. The number of carbonyl (C=O) groups excluding carboxylic acids is 2. The Bertz CT molecular complexity index is 1370. The molecule has 0 spiro atoms. The van der Waals surface area contributed by atoms with E-state index in [0.717, 1.165) is 20.8 Å². The second kappa shape index (κ2) is 14.3. The molecule has 2 amide bonds. The molecule has 0 bridgehead atoms. The fraction of sp³-hybridized carbons (Fsp3) is 0.333. The van der Waals surface area contributed by atoms with Crippen molar-refractivity contribution < 1.29 is 22.7 Å². The van der Waals surface area contributed by atoms with Crippen molar-refractivity contribution in [3.05, 3.63) is 88.9 Å². The van der Waals surface area contributed by atoms with Gasteiger partial charge >= 0.3 is 0 Å². The van der Waals surface area contributed by atoms with Crippen LogP contribution in [0.5, 0.6) is 5.75 Å². The third-order valence-corrected chi connectivity index (χ3v) is 8.80. The fourth-order valence-electron chi connectivity index (χ4n) is 3.96. The van der Waals surface area contributed by atoms with Crippen LogP contribution in [-0.4, -0.2) is 50.4 Å². The number of hydrogen-bond acceptors (Lipinski definition) is 5. The summed E-state index contributed by atoms with van der Waals surface area (Å²) < 4.78 is 35.1. The van der Waals surface area contributed by atoms with E-state index in [4.69, 9.17) is 4.74 Å². The van der Waals surface area contributed by atoms with Crippen molar-refractivity contribution >= 4 is 43.5 Å². The van der Waals surface area contributed by atoms with Crippen molar-refractivity contribution in [1.82, 2.24) is 10.2 Å².